The molecule has 2 aliphatic rings. The maximum Gasteiger partial charge on any atom is 0.00805 e. The molecule has 0 radical (unpaired) electrons. The van der Waals surface area contributed by atoms with Crippen molar-refractivity contribution in [2.24, 2.45) is 0 Å². The number of nitrogens with one attached hydrogen (secondary N) is 1. The highest BCUT2D eigenvalue weighted by Crippen LogP contribution is 2.40. The third-order valence-corrected chi connectivity index (χ3v) is 5.08. The summed E-state index contributed by atoms with van der Waals surface area (Å²) < 4.78 is 0. The minimum absolute atomic E-state index is 0.407. The van der Waals surface area contributed by atoms with Crippen LogP contribution in [0.4, 0.5) is 0 Å². The molecule has 1 nitrogen and oxygen atoms in total. The predicted octanol–water partition coefficient (Wildman–Crippen LogP) is 4.34. The Labute approximate surface area is 117 Å². The van der Waals surface area contributed by atoms with Crippen LogP contribution in [0, 0.1) is 6.92 Å². The molecule has 0 atom stereocenters. The normalized spacial score (nSPS) is 23.0. The summed E-state index contributed by atoms with van der Waals surface area (Å²) >= 11 is 0. The van der Waals surface area contributed by atoms with E-state index in [0.29, 0.717) is 5.41 Å². The lowest BCUT2D eigenvalue weighted by atomic mass is 9.72. The van der Waals surface area contributed by atoms with Crippen LogP contribution >= 0.6 is 0 Å². The van der Waals surface area contributed by atoms with Gasteiger partial charge in [0.05, 0.1) is 0 Å². The van der Waals surface area contributed by atoms with Crippen molar-refractivity contribution in [3.63, 3.8) is 0 Å². The van der Waals surface area contributed by atoms with Gasteiger partial charge in [0, 0.05) is 18.0 Å². The Hall–Kier alpha value is -0.820. The molecule has 0 saturated heterocycles. The Balaban J connectivity index is 1.86. The Morgan fingerprint density at radius 1 is 1.05 bits per heavy atom. The molecule has 19 heavy (non-hydrogen) atoms. The third kappa shape index (κ3) is 3.02. The molecule has 0 bridgehead atoms. The van der Waals surface area contributed by atoms with Gasteiger partial charge in [0.15, 0.2) is 0 Å². The van der Waals surface area contributed by atoms with Crippen LogP contribution in [-0.4, -0.2) is 12.6 Å². The molecule has 2 aliphatic carbocycles. The summed E-state index contributed by atoms with van der Waals surface area (Å²) in [5.41, 5.74) is 3.51. The predicted molar refractivity (Wildman–Crippen MR) is 81.6 cm³/mol. The maximum absolute atomic E-state index is 3.82. The lowest BCUT2D eigenvalue weighted by Crippen LogP contribution is -2.39. The number of rotatable bonds is 4. The Morgan fingerprint density at radius 2 is 1.74 bits per heavy atom. The summed E-state index contributed by atoms with van der Waals surface area (Å²) in [5, 5.41) is 3.82. The lowest BCUT2D eigenvalue weighted by Gasteiger charge is -2.35. The minimum atomic E-state index is 0.407. The second-order valence-electron chi connectivity index (χ2n) is 6.66. The fourth-order valence-corrected chi connectivity index (χ4v) is 3.74. The molecule has 0 amide bonds. The largest absolute Gasteiger partial charge is 0.313 e. The van der Waals surface area contributed by atoms with Gasteiger partial charge in [-0.05, 0) is 43.7 Å². The molecule has 0 aliphatic heterocycles. The van der Waals surface area contributed by atoms with Crippen LogP contribution in [0.25, 0.3) is 0 Å². The average Bonchev–Trinajstić information content (AvgIpc) is 3.25. The van der Waals surface area contributed by atoms with E-state index < -0.39 is 0 Å². The van der Waals surface area contributed by atoms with Crippen LogP contribution in [0.15, 0.2) is 24.3 Å². The molecule has 1 N–H and O–H groups in total. The highest BCUT2D eigenvalue weighted by molar-refractivity contribution is 5.34. The summed E-state index contributed by atoms with van der Waals surface area (Å²) in [4.78, 5) is 0. The van der Waals surface area contributed by atoms with Crippen molar-refractivity contribution in [3.05, 3.63) is 35.4 Å². The van der Waals surface area contributed by atoms with Crippen LogP contribution in [-0.2, 0) is 5.41 Å². The number of aryl methyl sites for hydroxylation is 1. The van der Waals surface area contributed by atoms with Gasteiger partial charge in [-0.15, -0.1) is 0 Å². The van der Waals surface area contributed by atoms with Gasteiger partial charge in [-0.1, -0.05) is 49.9 Å². The summed E-state index contributed by atoms with van der Waals surface area (Å²) in [6.07, 6.45) is 11.2. The van der Waals surface area contributed by atoms with Gasteiger partial charge in [-0.3, -0.25) is 0 Å². The Kier molecular flexibility index (Phi) is 3.93. The van der Waals surface area contributed by atoms with E-state index in [-0.39, 0.29) is 0 Å². The molecule has 2 fully saturated rings. The molecule has 104 valence electrons. The van der Waals surface area contributed by atoms with E-state index in [4.69, 9.17) is 0 Å². The highest BCUT2D eigenvalue weighted by atomic mass is 15.0. The fourth-order valence-electron chi connectivity index (χ4n) is 3.74. The number of hydrogen-bond acceptors (Lipinski definition) is 1. The minimum Gasteiger partial charge on any atom is -0.313 e. The van der Waals surface area contributed by atoms with Crippen molar-refractivity contribution in [2.75, 3.05) is 6.54 Å². The highest BCUT2D eigenvalue weighted by Gasteiger charge is 2.35. The molecule has 1 heteroatoms. The zero-order valence-corrected chi connectivity index (χ0v) is 12.3. The van der Waals surface area contributed by atoms with Gasteiger partial charge in [-0.25, -0.2) is 0 Å². The summed E-state index contributed by atoms with van der Waals surface area (Å²) in [6.45, 7) is 3.49. The van der Waals surface area contributed by atoms with Gasteiger partial charge >= 0.3 is 0 Å². The van der Waals surface area contributed by atoms with Crippen LogP contribution in [0.5, 0.6) is 0 Å². The molecular weight excluding hydrogens is 230 g/mol. The first-order valence-corrected chi connectivity index (χ1v) is 8.10. The average molecular weight is 257 g/mol. The first-order valence-electron chi connectivity index (χ1n) is 8.10. The molecule has 0 unspecified atom stereocenters. The SMILES string of the molecule is Cc1ccccc1C1(CNC2CC2)CCCCCC1. The van der Waals surface area contributed by atoms with Gasteiger partial charge in [0.1, 0.15) is 0 Å². The van der Waals surface area contributed by atoms with E-state index in [1.807, 2.05) is 0 Å². The second kappa shape index (κ2) is 5.66. The molecule has 3 rings (SSSR count). The van der Waals surface area contributed by atoms with Crippen molar-refractivity contribution in [2.45, 2.75) is 69.7 Å². The summed E-state index contributed by atoms with van der Waals surface area (Å²) in [5.74, 6) is 0. The van der Waals surface area contributed by atoms with E-state index in [0.717, 1.165) is 6.04 Å². The van der Waals surface area contributed by atoms with E-state index in [2.05, 4.69) is 36.5 Å². The molecule has 1 aromatic carbocycles. The molecule has 0 heterocycles. The van der Waals surface area contributed by atoms with Crippen molar-refractivity contribution in [1.82, 2.24) is 5.32 Å². The molecule has 1 aromatic rings. The van der Waals surface area contributed by atoms with Crippen molar-refractivity contribution >= 4 is 0 Å². The summed E-state index contributed by atoms with van der Waals surface area (Å²) in [6, 6.07) is 9.90. The molecule has 0 spiro atoms. The zero-order chi connectivity index (χ0) is 13.1. The Bertz CT molecular complexity index is 411. The summed E-state index contributed by atoms with van der Waals surface area (Å²) in [7, 11) is 0. The standard InChI is InChI=1S/C18H27N/c1-15-8-4-5-9-17(15)18(14-19-16-10-11-16)12-6-2-3-7-13-18/h4-5,8-9,16,19H,2-3,6-7,10-14H2,1H3. The fraction of sp³-hybridized carbons (Fsp3) is 0.667. The van der Waals surface area contributed by atoms with E-state index in [9.17, 15) is 0 Å². The molecule has 0 aromatic heterocycles. The van der Waals surface area contributed by atoms with Crippen molar-refractivity contribution < 1.29 is 0 Å². The zero-order valence-electron chi connectivity index (χ0n) is 12.3. The molecular formula is C18H27N. The van der Waals surface area contributed by atoms with Gasteiger partial charge in [0.2, 0.25) is 0 Å². The third-order valence-electron chi connectivity index (χ3n) is 5.08. The van der Waals surface area contributed by atoms with E-state index in [1.165, 1.54) is 63.5 Å². The monoisotopic (exact) mass is 257 g/mol. The smallest absolute Gasteiger partial charge is 0.00805 e. The first-order chi connectivity index (χ1) is 9.30. The quantitative estimate of drug-likeness (QED) is 0.791. The Morgan fingerprint density at radius 3 is 2.37 bits per heavy atom. The number of benzene rings is 1. The van der Waals surface area contributed by atoms with Crippen molar-refractivity contribution in [3.8, 4) is 0 Å². The van der Waals surface area contributed by atoms with Gasteiger partial charge in [0.25, 0.3) is 0 Å². The van der Waals surface area contributed by atoms with Gasteiger partial charge < -0.3 is 5.32 Å². The second-order valence-corrected chi connectivity index (χ2v) is 6.66. The van der Waals surface area contributed by atoms with E-state index in [1.54, 1.807) is 5.56 Å². The van der Waals surface area contributed by atoms with Crippen LogP contribution in [0.3, 0.4) is 0 Å². The van der Waals surface area contributed by atoms with Crippen LogP contribution in [0.1, 0.15) is 62.5 Å². The topological polar surface area (TPSA) is 12.0 Å². The van der Waals surface area contributed by atoms with Gasteiger partial charge in [-0.2, -0.15) is 0 Å². The molecule has 2 saturated carbocycles. The van der Waals surface area contributed by atoms with Crippen LogP contribution in [0.2, 0.25) is 0 Å². The maximum atomic E-state index is 3.82. The lowest BCUT2D eigenvalue weighted by molar-refractivity contribution is 0.344. The first kappa shape index (κ1) is 13.2. The van der Waals surface area contributed by atoms with Crippen molar-refractivity contribution in [1.29, 1.82) is 0 Å². The number of hydrogen-bond donors (Lipinski definition) is 1. The van der Waals surface area contributed by atoms with Crippen LogP contribution < -0.4 is 5.32 Å². The van der Waals surface area contributed by atoms with E-state index >= 15 is 0 Å².